The molecule has 0 radical (unpaired) electrons. The van der Waals surface area contributed by atoms with E-state index < -0.39 is 5.91 Å². The van der Waals surface area contributed by atoms with Crippen LogP contribution in [0, 0.1) is 0 Å². The molecule has 0 atom stereocenters. The van der Waals surface area contributed by atoms with Crippen molar-refractivity contribution in [2.75, 3.05) is 5.73 Å². The summed E-state index contributed by atoms with van der Waals surface area (Å²) in [6, 6.07) is 14.9. The monoisotopic (exact) mass is 367 g/mol. The van der Waals surface area contributed by atoms with Gasteiger partial charge in [-0.2, -0.15) is 4.37 Å². The number of amides is 2. The molecule has 0 fully saturated rings. The van der Waals surface area contributed by atoms with Crippen LogP contribution in [0.25, 0.3) is 0 Å². The van der Waals surface area contributed by atoms with Crippen LogP contribution in [0.4, 0.5) is 5.69 Å². The van der Waals surface area contributed by atoms with Crippen LogP contribution in [-0.4, -0.2) is 21.2 Å². The molecule has 0 saturated carbocycles. The van der Waals surface area contributed by atoms with Gasteiger partial charge in [0.1, 0.15) is 4.88 Å². The Hall–Kier alpha value is -3.26. The Morgan fingerprint density at radius 1 is 0.962 bits per heavy atom. The average molecular weight is 367 g/mol. The van der Waals surface area contributed by atoms with E-state index in [1.165, 1.54) is 0 Å². The summed E-state index contributed by atoms with van der Waals surface area (Å²) in [4.78, 5) is 28.9. The minimum Gasteiger partial charge on any atom is -0.395 e. The van der Waals surface area contributed by atoms with Gasteiger partial charge in [-0.1, -0.05) is 36.4 Å². The lowest BCUT2D eigenvalue weighted by Gasteiger charge is -2.05. The summed E-state index contributed by atoms with van der Waals surface area (Å²) in [7, 11) is 0. The number of rotatable bonds is 6. The van der Waals surface area contributed by atoms with Crippen molar-refractivity contribution in [3.63, 3.8) is 0 Å². The number of benzene rings is 1. The van der Waals surface area contributed by atoms with Gasteiger partial charge < -0.3 is 16.4 Å². The molecule has 0 spiro atoms. The quantitative estimate of drug-likeness (QED) is 0.617. The van der Waals surface area contributed by atoms with Crippen molar-refractivity contribution in [3.05, 3.63) is 76.6 Å². The van der Waals surface area contributed by atoms with E-state index in [0.717, 1.165) is 22.8 Å². The highest BCUT2D eigenvalue weighted by Crippen LogP contribution is 2.21. The molecule has 26 heavy (non-hydrogen) atoms. The second kappa shape index (κ2) is 8.21. The molecular weight excluding hydrogens is 350 g/mol. The fourth-order valence-electron chi connectivity index (χ4n) is 2.24. The molecule has 2 heterocycles. The normalized spacial score (nSPS) is 10.3. The third-order valence-corrected chi connectivity index (χ3v) is 4.46. The average Bonchev–Trinajstić information content (AvgIpc) is 3.07. The van der Waals surface area contributed by atoms with Crippen molar-refractivity contribution in [3.8, 4) is 0 Å². The van der Waals surface area contributed by atoms with Crippen LogP contribution < -0.4 is 16.4 Å². The summed E-state index contributed by atoms with van der Waals surface area (Å²) in [5.74, 6) is -0.792. The second-order valence-electron chi connectivity index (χ2n) is 5.45. The fraction of sp³-hybridized carbons (Fsp3) is 0.111. The first-order valence-corrected chi connectivity index (χ1v) is 8.68. The molecule has 2 aromatic heterocycles. The van der Waals surface area contributed by atoms with Crippen LogP contribution in [0.1, 0.15) is 31.4 Å². The fourth-order valence-corrected chi connectivity index (χ4v) is 2.95. The van der Waals surface area contributed by atoms with E-state index in [2.05, 4.69) is 20.0 Å². The first-order valence-electron chi connectivity index (χ1n) is 7.90. The number of anilines is 1. The molecule has 7 nitrogen and oxygen atoms in total. The smallest absolute Gasteiger partial charge is 0.273 e. The van der Waals surface area contributed by atoms with Crippen LogP contribution in [0.15, 0.2) is 54.7 Å². The molecule has 3 aromatic rings. The van der Waals surface area contributed by atoms with E-state index in [4.69, 9.17) is 5.73 Å². The van der Waals surface area contributed by atoms with E-state index in [1.807, 2.05) is 36.4 Å². The Morgan fingerprint density at radius 3 is 2.42 bits per heavy atom. The Kier molecular flexibility index (Phi) is 5.55. The maximum absolute atomic E-state index is 12.3. The second-order valence-corrected chi connectivity index (χ2v) is 6.22. The van der Waals surface area contributed by atoms with E-state index in [0.29, 0.717) is 6.54 Å². The van der Waals surface area contributed by atoms with E-state index >= 15 is 0 Å². The number of nitrogen functional groups attached to an aromatic ring is 1. The molecule has 132 valence electrons. The Balaban J connectivity index is 1.61. The number of nitrogens with two attached hydrogens (primary N) is 1. The molecular formula is C18H17N5O2S. The van der Waals surface area contributed by atoms with Crippen LogP contribution in [-0.2, 0) is 13.1 Å². The van der Waals surface area contributed by atoms with Gasteiger partial charge in [0.25, 0.3) is 11.8 Å². The summed E-state index contributed by atoms with van der Waals surface area (Å²) >= 11 is 0.901. The molecule has 2 amide bonds. The van der Waals surface area contributed by atoms with Crippen LogP contribution in [0.5, 0.6) is 0 Å². The summed E-state index contributed by atoms with van der Waals surface area (Å²) in [6.07, 6.45) is 1.65. The van der Waals surface area contributed by atoms with Crippen molar-refractivity contribution in [2.24, 2.45) is 0 Å². The highest BCUT2D eigenvalue weighted by molar-refractivity contribution is 7.09. The molecule has 3 rings (SSSR count). The molecule has 0 aliphatic carbocycles. The van der Waals surface area contributed by atoms with Crippen molar-refractivity contribution in [1.82, 2.24) is 20.0 Å². The van der Waals surface area contributed by atoms with Gasteiger partial charge in [0.05, 0.1) is 17.9 Å². The standard InChI is InChI=1S/C18H17N5O2S/c19-14-15(17(24)21-10-12-6-2-1-3-7-12)23-26-16(14)18(25)22-11-13-8-4-5-9-20-13/h1-9H,10-11,19H2,(H,21,24)(H,22,25). The summed E-state index contributed by atoms with van der Waals surface area (Å²) in [5.41, 5.74) is 7.79. The van der Waals surface area contributed by atoms with Crippen LogP contribution >= 0.6 is 11.5 Å². The summed E-state index contributed by atoms with van der Waals surface area (Å²) < 4.78 is 4.03. The lowest BCUT2D eigenvalue weighted by molar-refractivity contribution is 0.0946. The molecule has 0 unspecified atom stereocenters. The van der Waals surface area contributed by atoms with Gasteiger partial charge in [-0.25, -0.2) is 0 Å². The van der Waals surface area contributed by atoms with Crippen molar-refractivity contribution < 1.29 is 9.59 Å². The molecule has 0 aliphatic rings. The Bertz CT molecular complexity index is 823. The number of hydrogen-bond donors (Lipinski definition) is 3. The number of nitrogens with zero attached hydrogens (tertiary/aromatic N) is 2. The number of aromatic nitrogens is 2. The third-order valence-electron chi connectivity index (χ3n) is 3.60. The number of carbonyl (C=O) groups is 2. The van der Waals surface area contributed by atoms with E-state index in [-0.39, 0.29) is 28.7 Å². The Labute approximate surface area is 154 Å². The largest absolute Gasteiger partial charge is 0.395 e. The lowest BCUT2D eigenvalue weighted by atomic mass is 10.2. The number of carbonyl (C=O) groups excluding carboxylic acids is 2. The molecule has 0 saturated heterocycles. The predicted molar refractivity (Wildman–Crippen MR) is 99.5 cm³/mol. The Morgan fingerprint density at radius 2 is 1.69 bits per heavy atom. The highest BCUT2D eigenvalue weighted by Gasteiger charge is 2.21. The third kappa shape index (κ3) is 4.22. The van der Waals surface area contributed by atoms with Gasteiger partial charge >= 0.3 is 0 Å². The number of hydrogen-bond acceptors (Lipinski definition) is 6. The molecule has 1 aromatic carbocycles. The summed E-state index contributed by atoms with van der Waals surface area (Å²) in [6.45, 7) is 0.629. The van der Waals surface area contributed by atoms with Crippen molar-refractivity contribution in [2.45, 2.75) is 13.1 Å². The minimum atomic E-state index is -0.411. The predicted octanol–water partition coefficient (Wildman–Crippen LogP) is 1.98. The van der Waals surface area contributed by atoms with Gasteiger partial charge in [0, 0.05) is 12.7 Å². The first kappa shape index (κ1) is 17.6. The highest BCUT2D eigenvalue weighted by atomic mass is 32.1. The van der Waals surface area contributed by atoms with Gasteiger partial charge in [0.15, 0.2) is 5.69 Å². The molecule has 8 heteroatoms. The minimum absolute atomic E-state index is 0.0638. The maximum Gasteiger partial charge on any atom is 0.273 e. The zero-order valence-electron chi connectivity index (χ0n) is 13.8. The SMILES string of the molecule is Nc1c(C(=O)NCc2ccccc2)nsc1C(=O)NCc1ccccn1. The number of pyridine rings is 1. The van der Waals surface area contributed by atoms with Crippen LogP contribution in [0.3, 0.4) is 0 Å². The van der Waals surface area contributed by atoms with Gasteiger partial charge in [-0.3, -0.25) is 14.6 Å². The van der Waals surface area contributed by atoms with Gasteiger partial charge in [-0.05, 0) is 29.2 Å². The van der Waals surface area contributed by atoms with E-state index in [1.54, 1.807) is 18.3 Å². The van der Waals surface area contributed by atoms with Gasteiger partial charge in [0.2, 0.25) is 0 Å². The van der Waals surface area contributed by atoms with Gasteiger partial charge in [-0.15, -0.1) is 0 Å². The lowest BCUT2D eigenvalue weighted by Crippen LogP contribution is -2.25. The topological polar surface area (TPSA) is 110 Å². The first-order chi connectivity index (χ1) is 12.6. The maximum atomic E-state index is 12.3. The number of nitrogens with one attached hydrogen (secondary N) is 2. The molecule has 0 bridgehead atoms. The molecule has 4 N–H and O–H groups in total. The zero-order valence-corrected chi connectivity index (χ0v) is 14.6. The van der Waals surface area contributed by atoms with Crippen molar-refractivity contribution in [1.29, 1.82) is 0 Å². The van der Waals surface area contributed by atoms with Crippen molar-refractivity contribution >= 4 is 29.0 Å². The van der Waals surface area contributed by atoms with Crippen LogP contribution in [0.2, 0.25) is 0 Å². The summed E-state index contributed by atoms with van der Waals surface area (Å²) in [5, 5.41) is 5.47. The zero-order chi connectivity index (χ0) is 18.4. The molecule has 0 aliphatic heterocycles. The van der Waals surface area contributed by atoms with E-state index in [9.17, 15) is 9.59 Å².